The van der Waals surface area contributed by atoms with Crippen molar-refractivity contribution in [2.75, 3.05) is 0 Å². The summed E-state index contributed by atoms with van der Waals surface area (Å²) in [5.74, 6) is 0.831. The highest BCUT2D eigenvalue weighted by Gasteiger charge is 2.13. The van der Waals surface area contributed by atoms with Gasteiger partial charge in [0, 0.05) is 18.4 Å². The Labute approximate surface area is 88.4 Å². The minimum Gasteiger partial charge on any atom is -0.302 e. The topological polar surface area (TPSA) is 46.5 Å². The van der Waals surface area contributed by atoms with Crippen LogP contribution in [0.2, 0.25) is 0 Å². The average Bonchev–Trinajstić information content (AvgIpc) is 2.71. The standard InChI is InChI=1S/C11H12N4/c1-8-4-5-9(2)15(8)11-10(6-12)7-13-14(11)3/h4-5,7H,1-3H3. The first kappa shape index (κ1) is 9.53. The predicted octanol–water partition coefficient (Wildman–Crippen LogP) is 1.70. The van der Waals surface area contributed by atoms with Crippen molar-refractivity contribution in [2.24, 2.45) is 7.05 Å². The van der Waals surface area contributed by atoms with Gasteiger partial charge in [-0.25, -0.2) is 0 Å². The van der Waals surface area contributed by atoms with Crippen LogP contribution in [0.25, 0.3) is 5.82 Å². The van der Waals surface area contributed by atoms with Gasteiger partial charge in [0.1, 0.15) is 11.6 Å². The van der Waals surface area contributed by atoms with Gasteiger partial charge >= 0.3 is 0 Å². The Morgan fingerprint density at radius 1 is 1.27 bits per heavy atom. The van der Waals surface area contributed by atoms with Gasteiger partial charge in [-0.15, -0.1) is 0 Å². The van der Waals surface area contributed by atoms with Gasteiger partial charge in [0.25, 0.3) is 0 Å². The molecule has 76 valence electrons. The summed E-state index contributed by atoms with van der Waals surface area (Å²) in [5.41, 5.74) is 2.81. The molecule has 0 amide bonds. The third-order valence-electron chi connectivity index (χ3n) is 2.51. The number of nitriles is 1. The fourth-order valence-electron chi connectivity index (χ4n) is 1.78. The normalized spacial score (nSPS) is 10.3. The van der Waals surface area contributed by atoms with Crippen molar-refractivity contribution in [3.05, 3.63) is 35.3 Å². The Balaban J connectivity index is 2.74. The Morgan fingerprint density at radius 3 is 2.40 bits per heavy atom. The summed E-state index contributed by atoms with van der Waals surface area (Å²) in [6, 6.07) is 6.22. The predicted molar refractivity (Wildman–Crippen MR) is 56.7 cm³/mol. The Hall–Kier alpha value is -2.02. The minimum absolute atomic E-state index is 0.597. The lowest BCUT2D eigenvalue weighted by Crippen LogP contribution is -2.07. The smallest absolute Gasteiger partial charge is 0.153 e. The molecule has 0 aliphatic carbocycles. The summed E-state index contributed by atoms with van der Waals surface area (Å²) < 4.78 is 3.75. The zero-order valence-corrected chi connectivity index (χ0v) is 9.02. The van der Waals surface area contributed by atoms with Crippen LogP contribution in [0.15, 0.2) is 18.3 Å². The van der Waals surface area contributed by atoms with E-state index in [2.05, 4.69) is 11.2 Å². The highest BCUT2D eigenvalue weighted by Crippen LogP contribution is 2.18. The molecule has 0 spiro atoms. The molecular weight excluding hydrogens is 188 g/mol. The van der Waals surface area contributed by atoms with E-state index in [1.165, 1.54) is 0 Å². The molecule has 2 aromatic rings. The lowest BCUT2D eigenvalue weighted by molar-refractivity contribution is 0.718. The largest absolute Gasteiger partial charge is 0.302 e. The quantitative estimate of drug-likeness (QED) is 0.703. The van der Waals surface area contributed by atoms with E-state index in [0.717, 1.165) is 17.2 Å². The van der Waals surface area contributed by atoms with E-state index in [1.807, 2.05) is 37.6 Å². The zero-order valence-electron chi connectivity index (χ0n) is 9.02. The molecule has 0 radical (unpaired) electrons. The molecule has 0 saturated carbocycles. The van der Waals surface area contributed by atoms with Crippen molar-refractivity contribution in [1.29, 1.82) is 5.26 Å². The second kappa shape index (κ2) is 3.28. The lowest BCUT2D eigenvalue weighted by atomic mass is 10.3. The number of aromatic nitrogens is 3. The van der Waals surface area contributed by atoms with E-state index >= 15 is 0 Å². The molecule has 2 heterocycles. The molecule has 0 aromatic carbocycles. The molecule has 0 N–H and O–H groups in total. The molecule has 0 bridgehead atoms. The fraction of sp³-hybridized carbons (Fsp3) is 0.273. The summed E-state index contributed by atoms with van der Waals surface area (Å²) in [4.78, 5) is 0. The van der Waals surface area contributed by atoms with Crippen molar-refractivity contribution >= 4 is 0 Å². The maximum absolute atomic E-state index is 9.00. The maximum Gasteiger partial charge on any atom is 0.153 e. The van der Waals surface area contributed by atoms with Crippen LogP contribution in [-0.2, 0) is 7.05 Å². The first-order valence-electron chi connectivity index (χ1n) is 4.72. The van der Waals surface area contributed by atoms with Gasteiger partial charge in [0.2, 0.25) is 0 Å². The van der Waals surface area contributed by atoms with E-state index in [9.17, 15) is 0 Å². The van der Waals surface area contributed by atoms with E-state index < -0.39 is 0 Å². The van der Waals surface area contributed by atoms with Crippen LogP contribution in [0.1, 0.15) is 17.0 Å². The summed E-state index contributed by atoms with van der Waals surface area (Å²) >= 11 is 0. The minimum atomic E-state index is 0.597. The molecule has 2 rings (SSSR count). The number of rotatable bonds is 1. The highest BCUT2D eigenvalue weighted by molar-refractivity contribution is 5.45. The van der Waals surface area contributed by atoms with E-state index in [1.54, 1.807) is 10.9 Å². The van der Waals surface area contributed by atoms with Crippen molar-refractivity contribution in [3.8, 4) is 11.9 Å². The molecule has 0 aliphatic heterocycles. The number of hydrogen-bond donors (Lipinski definition) is 0. The lowest BCUT2D eigenvalue weighted by Gasteiger charge is -2.09. The Morgan fingerprint density at radius 2 is 1.87 bits per heavy atom. The fourth-order valence-corrected chi connectivity index (χ4v) is 1.78. The molecule has 4 heteroatoms. The van der Waals surface area contributed by atoms with E-state index in [-0.39, 0.29) is 0 Å². The average molecular weight is 200 g/mol. The van der Waals surface area contributed by atoms with Crippen LogP contribution in [-0.4, -0.2) is 14.3 Å². The molecule has 0 aliphatic rings. The van der Waals surface area contributed by atoms with Gasteiger partial charge < -0.3 is 4.57 Å². The van der Waals surface area contributed by atoms with Gasteiger partial charge in [0.15, 0.2) is 5.82 Å². The van der Waals surface area contributed by atoms with E-state index in [0.29, 0.717) is 5.56 Å². The summed E-state index contributed by atoms with van der Waals surface area (Å²) in [6.07, 6.45) is 1.59. The summed E-state index contributed by atoms with van der Waals surface area (Å²) in [7, 11) is 1.84. The van der Waals surface area contributed by atoms with Crippen LogP contribution in [0.5, 0.6) is 0 Å². The molecule has 15 heavy (non-hydrogen) atoms. The molecule has 0 unspecified atom stereocenters. The van der Waals surface area contributed by atoms with Crippen molar-refractivity contribution in [1.82, 2.24) is 14.3 Å². The molecule has 0 saturated heterocycles. The van der Waals surface area contributed by atoms with Crippen LogP contribution in [0, 0.1) is 25.2 Å². The summed E-state index contributed by atoms with van der Waals surface area (Å²) in [5, 5.41) is 13.1. The molecule has 0 atom stereocenters. The van der Waals surface area contributed by atoms with Gasteiger partial charge in [-0.05, 0) is 26.0 Å². The summed E-state index contributed by atoms with van der Waals surface area (Å²) in [6.45, 7) is 4.03. The first-order chi connectivity index (χ1) is 7.15. The van der Waals surface area contributed by atoms with Gasteiger partial charge in [-0.3, -0.25) is 4.68 Å². The molecule has 4 nitrogen and oxygen atoms in total. The molecule has 2 aromatic heterocycles. The first-order valence-corrected chi connectivity index (χ1v) is 4.72. The number of hydrogen-bond acceptors (Lipinski definition) is 2. The van der Waals surface area contributed by atoms with Crippen LogP contribution in [0.4, 0.5) is 0 Å². The molecule has 0 fully saturated rings. The SMILES string of the molecule is Cc1ccc(C)n1-c1c(C#N)cnn1C. The van der Waals surface area contributed by atoms with Crippen molar-refractivity contribution in [2.45, 2.75) is 13.8 Å². The van der Waals surface area contributed by atoms with Crippen molar-refractivity contribution in [3.63, 3.8) is 0 Å². The Kier molecular flexibility index (Phi) is 2.09. The van der Waals surface area contributed by atoms with E-state index in [4.69, 9.17) is 5.26 Å². The molecular formula is C11H12N4. The Bertz CT molecular complexity index is 520. The van der Waals surface area contributed by atoms with Crippen molar-refractivity contribution < 1.29 is 0 Å². The van der Waals surface area contributed by atoms with Crippen LogP contribution in [0.3, 0.4) is 0 Å². The van der Waals surface area contributed by atoms with Gasteiger partial charge in [-0.1, -0.05) is 0 Å². The highest BCUT2D eigenvalue weighted by atomic mass is 15.3. The van der Waals surface area contributed by atoms with Gasteiger partial charge in [0.05, 0.1) is 6.20 Å². The number of nitrogens with zero attached hydrogens (tertiary/aromatic N) is 4. The van der Waals surface area contributed by atoms with Crippen LogP contribution >= 0.6 is 0 Å². The van der Waals surface area contributed by atoms with Gasteiger partial charge in [-0.2, -0.15) is 10.4 Å². The van der Waals surface area contributed by atoms with Crippen LogP contribution < -0.4 is 0 Å². The number of aryl methyl sites for hydroxylation is 3. The zero-order chi connectivity index (χ0) is 11.0. The third kappa shape index (κ3) is 1.33. The monoisotopic (exact) mass is 200 g/mol. The second-order valence-electron chi connectivity index (χ2n) is 3.57. The second-order valence-corrected chi connectivity index (χ2v) is 3.57. The maximum atomic E-state index is 9.00. The third-order valence-corrected chi connectivity index (χ3v) is 2.51.